The van der Waals surface area contributed by atoms with Crippen LogP contribution in [0.5, 0.6) is 0 Å². The second kappa shape index (κ2) is 6.67. The fraction of sp³-hybridized carbons (Fsp3) is 0.696. The lowest BCUT2D eigenvalue weighted by Crippen LogP contribution is -2.57. The highest BCUT2D eigenvalue weighted by Crippen LogP contribution is 2.64. The lowest BCUT2D eigenvalue weighted by molar-refractivity contribution is -0.129. The normalized spacial score (nSPS) is 39.1. The molecular weight excluding hydrogens is 320 g/mol. The number of carbonyl (C=O) groups is 1. The van der Waals surface area contributed by atoms with E-state index in [2.05, 4.69) is 41.0 Å². The van der Waals surface area contributed by atoms with E-state index in [4.69, 9.17) is 0 Å². The van der Waals surface area contributed by atoms with Gasteiger partial charge in [0, 0.05) is 17.9 Å². The number of rotatable bonds is 4. The molecule has 0 aromatic heterocycles. The second-order valence-corrected chi connectivity index (χ2v) is 9.48. The molecule has 3 nitrogen and oxygen atoms in total. The highest BCUT2D eigenvalue weighted by atomic mass is 16.1. The molecule has 1 amide bonds. The molecule has 0 unspecified atom stereocenters. The number of hydrogen-bond acceptors (Lipinski definition) is 2. The first kappa shape index (κ1) is 16.8. The van der Waals surface area contributed by atoms with Gasteiger partial charge in [0.2, 0.25) is 5.91 Å². The zero-order valence-corrected chi connectivity index (χ0v) is 15.8. The van der Waals surface area contributed by atoms with E-state index in [1.54, 1.807) is 0 Å². The van der Waals surface area contributed by atoms with Crippen LogP contribution in [-0.4, -0.2) is 25.0 Å². The number of piperidine rings is 1. The monoisotopic (exact) mass is 352 g/mol. The van der Waals surface area contributed by atoms with E-state index in [0.717, 1.165) is 37.8 Å². The van der Waals surface area contributed by atoms with Crippen molar-refractivity contribution in [2.24, 2.45) is 23.7 Å². The van der Waals surface area contributed by atoms with Crippen molar-refractivity contribution in [3.05, 3.63) is 35.9 Å². The van der Waals surface area contributed by atoms with Crippen molar-refractivity contribution in [1.82, 2.24) is 10.6 Å². The standard InChI is InChI=1S/C23H32N2O/c26-22(25-21-6-8-24-9-7-21)15-23(18-4-2-1-3-5-18)19-11-16-10-17(13-19)14-20(23)12-16/h1-5,16-17,19-21,24H,6-15H2,(H,25,26). The summed E-state index contributed by atoms with van der Waals surface area (Å²) in [6.07, 6.45) is 9.70. The molecule has 4 bridgehead atoms. The van der Waals surface area contributed by atoms with Gasteiger partial charge >= 0.3 is 0 Å². The Kier molecular flexibility index (Phi) is 4.31. The van der Waals surface area contributed by atoms with E-state index >= 15 is 0 Å². The summed E-state index contributed by atoms with van der Waals surface area (Å²) in [5.74, 6) is 3.58. The third-order valence-electron chi connectivity index (χ3n) is 8.06. The quantitative estimate of drug-likeness (QED) is 0.869. The summed E-state index contributed by atoms with van der Waals surface area (Å²) in [5.41, 5.74) is 1.53. The van der Waals surface area contributed by atoms with Crippen LogP contribution < -0.4 is 10.6 Å². The van der Waals surface area contributed by atoms with Crippen LogP contribution >= 0.6 is 0 Å². The molecule has 0 atom stereocenters. The lowest BCUT2D eigenvalue weighted by Gasteiger charge is -2.61. The molecule has 4 aliphatic carbocycles. The Hall–Kier alpha value is -1.35. The van der Waals surface area contributed by atoms with E-state index in [9.17, 15) is 4.79 Å². The van der Waals surface area contributed by atoms with Gasteiger partial charge in [-0.3, -0.25) is 4.79 Å². The molecule has 2 N–H and O–H groups in total. The molecule has 5 aliphatic rings. The largest absolute Gasteiger partial charge is 0.353 e. The summed E-state index contributed by atoms with van der Waals surface area (Å²) in [4.78, 5) is 13.2. The molecule has 1 saturated heterocycles. The zero-order chi connectivity index (χ0) is 17.6. The maximum atomic E-state index is 13.2. The van der Waals surface area contributed by atoms with E-state index in [-0.39, 0.29) is 5.41 Å². The van der Waals surface area contributed by atoms with Gasteiger partial charge in [0.25, 0.3) is 0 Å². The molecule has 1 aliphatic heterocycles. The van der Waals surface area contributed by atoms with Crippen LogP contribution in [0.3, 0.4) is 0 Å². The molecule has 26 heavy (non-hydrogen) atoms. The first-order valence-corrected chi connectivity index (χ1v) is 10.8. The smallest absolute Gasteiger partial charge is 0.221 e. The number of nitrogens with one attached hydrogen (secondary N) is 2. The van der Waals surface area contributed by atoms with Crippen molar-refractivity contribution >= 4 is 5.91 Å². The summed E-state index contributed by atoms with van der Waals surface area (Å²) < 4.78 is 0. The summed E-state index contributed by atoms with van der Waals surface area (Å²) in [7, 11) is 0. The second-order valence-electron chi connectivity index (χ2n) is 9.48. The number of amides is 1. The van der Waals surface area contributed by atoms with Crippen LogP contribution in [0.1, 0.15) is 56.9 Å². The lowest BCUT2D eigenvalue weighted by atomic mass is 9.43. The fourth-order valence-electron chi connectivity index (χ4n) is 7.15. The van der Waals surface area contributed by atoms with Gasteiger partial charge in [-0.05, 0) is 87.3 Å². The maximum absolute atomic E-state index is 13.2. The molecule has 0 spiro atoms. The average molecular weight is 353 g/mol. The molecule has 1 aromatic carbocycles. The molecule has 3 heteroatoms. The van der Waals surface area contributed by atoms with Crippen LogP contribution in [0.4, 0.5) is 0 Å². The van der Waals surface area contributed by atoms with Gasteiger partial charge in [-0.2, -0.15) is 0 Å². The number of benzene rings is 1. The highest BCUT2D eigenvalue weighted by molar-refractivity contribution is 5.78. The highest BCUT2D eigenvalue weighted by Gasteiger charge is 2.58. The van der Waals surface area contributed by atoms with Crippen molar-refractivity contribution in [1.29, 1.82) is 0 Å². The summed E-state index contributed by atoms with van der Waals surface area (Å²) >= 11 is 0. The Labute approximate surface area is 157 Å². The summed E-state index contributed by atoms with van der Waals surface area (Å²) in [5, 5.41) is 6.79. The first-order valence-electron chi connectivity index (χ1n) is 10.8. The van der Waals surface area contributed by atoms with E-state index < -0.39 is 0 Å². The minimum Gasteiger partial charge on any atom is -0.353 e. The molecule has 140 valence electrons. The Morgan fingerprint density at radius 3 is 2.19 bits per heavy atom. The minimum atomic E-state index is 0.0890. The van der Waals surface area contributed by atoms with Gasteiger partial charge in [0.15, 0.2) is 0 Å². The van der Waals surface area contributed by atoms with Gasteiger partial charge in [-0.1, -0.05) is 30.3 Å². The van der Waals surface area contributed by atoms with Crippen molar-refractivity contribution in [3.8, 4) is 0 Å². The van der Waals surface area contributed by atoms with E-state index in [1.165, 1.54) is 37.7 Å². The summed E-state index contributed by atoms with van der Waals surface area (Å²) in [6, 6.07) is 11.4. The van der Waals surface area contributed by atoms with Gasteiger partial charge in [0.1, 0.15) is 0 Å². The molecular formula is C23H32N2O. The molecule has 0 radical (unpaired) electrons. The third-order valence-corrected chi connectivity index (χ3v) is 8.06. The average Bonchev–Trinajstić information content (AvgIpc) is 2.66. The molecule has 5 fully saturated rings. The predicted octanol–water partition coefficient (Wildman–Crippen LogP) is 3.64. The van der Waals surface area contributed by atoms with Crippen LogP contribution in [0.25, 0.3) is 0 Å². The predicted molar refractivity (Wildman–Crippen MR) is 104 cm³/mol. The Balaban J connectivity index is 1.43. The van der Waals surface area contributed by atoms with Crippen LogP contribution in [0.15, 0.2) is 30.3 Å². The van der Waals surface area contributed by atoms with Crippen LogP contribution in [0.2, 0.25) is 0 Å². The van der Waals surface area contributed by atoms with E-state index in [1.807, 2.05) is 0 Å². The molecule has 1 aromatic rings. The fourth-order valence-corrected chi connectivity index (χ4v) is 7.15. The minimum absolute atomic E-state index is 0.0890. The van der Waals surface area contributed by atoms with Crippen molar-refractivity contribution < 1.29 is 4.79 Å². The van der Waals surface area contributed by atoms with Gasteiger partial charge < -0.3 is 10.6 Å². The van der Waals surface area contributed by atoms with Gasteiger partial charge in [0.05, 0.1) is 0 Å². The third kappa shape index (κ3) is 2.79. The van der Waals surface area contributed by atoms with Crippen molar-refractivity contribution in [2.45, 2.75) is 62.8 Å². The Bertz CT molecular complexity index is 621. The van der Waals surface area contributed by atoms with Crippen molar-refractivity contribution in [2.75, 3.05) is 13.1 Å². The van der Waals surface area contributed by atoms with Gasteiger partial charge in [-0.15, -0.1) is 0 Å². The Morgan fingerprint density at radius 1 is 0.962 bits per heavy atom. The topological polar surface area (TPSA) is 41.1 Å². The molecule has 4 saturated carbocycles. The van der Waals surface area contributed by atoms with Crippen molar-refractivity contribution in [3.63, 3.8) is 0 Å². The SMILES string of the molecule is O=C(CC1(c2ccccc2)C2CC3CC(C2)CC1C3)NC1CCNCC1. The summed E-state index contributed by atoms with van der Waals surface area (Å²) in [6.45, 7) is 2.06. The zero-order valence-electron chi connectivity index (χ0n) is 15.8. The Morgan fingerprint density at radius 2 is 1.58 bits per heavy atom. The van der Waals surface area contributed by atoms with Crippen LogP contribution in [-0.2, 0) is 10.2 Å². The van der Waals surface area contributed by atoms with Gasteiger partial charge in [-0.25, -0.2) is 0 Å². The first-order chi connectivity index (χ1) is 12.7. The number of carbonyl (C=O) groups excluding carboxylic acids is 1. The van der Waals surface area contributed by atoms with Crippen LogP contribution in [0, 0.1) is 23.7 Å². The number of hydrogen-bond donors (Lipinski definition) is 2. The van der Waals surface area contributed by atoms with E-state index in [0.29, 0.717) is 30.2 Å². The molecule has 1 heterocycles. The molecule has 6 rings (SSSR count). The maximum Gasteiger partial charge on any atom is 0.221 e.